The molecule has 0 saturated heterocycles. The fraction of sp³-hybridized carbons (Fsp3) is 0. The lowest BCUT2D eigenvalue weighted by Gasteiger charge is -2.01. The molecule has 0 unspecified atom stereocenters. The fourth-order valence-corrected chi connectivity index (χ4v) is 3.90. The van der Waals surface area contributed by atoms with Crippen molar-refractivity contribution >= 4 is 34.2 Å². The van der Waals surface area contributed by atoms with E-state index in [0.29, 0.717) is 16.2 Å². The molecule has 0 amide bonds. The molecule has 0 aliphatic carbocycles. The molecular formula is C24H15F2N3OS. The monoisotopic (exact) mass is 431 g/mol. The van der Waals surface area contributed by atoms with E-state index in [1.54, 1.807) is 35.2 Å². The van der Waals surface area contributed by atoms with Crippen molar-refractivity contribution in [2.75, 3.05) is 0 Å². The molecule has 0 atom stereocenters. The first-order chi connectivity index (χ1) is 15.2. The van der Waals surface area contributed by atoms with E-state index < -0.39 is 0 Å². The Balaban J connectivity index is 1.64. The number of para-hydroxylation sites is 1. The van der Waals surface area contributed by atoms with Crippen LogP contribution in [0.1, 0.15) is 5.56 Å². The van der Waals surface area contributed by atoms with Crippen molar-refractivity contribution < 1.29 is 13.2 Å². The van der Waals surface area contributed by atoms with Crippen molar-refractivity contribution in [2.24, 2.45) is 10.1 Å². The zero-order valence-electron chi connectivity index (χ0n) is 16.1. The normalized spacial score (nSPS) is 12.3. The average molecular weight is 431 g/mol. The Kier molecular flexibility index (Phi) is 5.01. The van der Waals surface area contributed by atoms with Gasteiger partial charge < -0.3 is 4.42 Å². The first kappa shape index (κ1) is 19.1. The Morgan fingerprint density at radius 1 is 0.871 bits per heavy atom. The van der Waals surface area contributed by atoms with Gasteiger partial charge in [0, 0.05) is 10.8 Å². The number of benzene rings is 3. The van der Waals surface area contributed by atoms with Crippen molar-refractivity contribution in [2.45, 2.75) is 0 Å². The number of furan rings is 1. The lowest BCUT2D eigenvalue weighted by Crippen LogP contribution is -2.11. The van der Waals surface area contributed by atoms with Crippen molar-refractivity contribution in [1.29, 1.82) is 0 Å². The highest BCUT2D eigenvalue weighted by Gasteiger charge is 2.13. The summed E-state index contributed by atoms with van der Waals surface area (Å²) in [5, 5.41) is 7.46. The van der Waals surface area contributed by atoms with E-state index in [9.17, 15) is 8.78 Å². The second-order valence-corrected chi connectivity index (χ2v) is 7.58. The van der Waals surface area contributed by atoms with Crippen molar-refractivity contribution in [3.63, 3.8) is 0 Å². The van der Waals surface area contributed by atoms with Gasteiger partial charge in [-0.2, -0.15) is 5.10 Å². The van der Waals surface area contributed by atoms with Crippen LogP contribution in [0.4, 0.5) is 14.5 Å². The summed E-state index contributed by atoms with van der Waals surface area (Å²) >= 11 is 1.39. The molecule has 0 fully saturated rings. The van der Waals surface area contributed by atoms with Crippen LogP contribution in [0.2, 0.25) is 0 Å². The number of rotatable bonds is 4. The van der Waals surface area contributed by atoms with Crippen LogP contribution >= 0.6 is 11.3 Å². The Morgan fingerprint density at radius 2 is 1.58 bits per heavy atom. The molecule has 4 nitrogen and oxygen atoms in total. The number of fused-ring (bicyclic) bond motifs is 1. The zero-order valence-corrected chi connectivity index (χ0v) is 16.9. The summed E-state index contributed by atoms with van der Waals surface area (Å²) in [6.45, 7) is 0. The van der Waals surface area contributed by atoms with Gasteiger partial charge in [0.1, 0.15) is 22.9 Å². The van der Waals surface area contributed by atoms with Gasteiger partial charge in [-0.1, -0.05) is 30.3 Å². The fourth-order valence-electron chi connectivity index (χ4n) is 3.07. The summed E-state index contributed by atoms with van der Waals surface area (Å²) in [6, 6.07) is 21.7. The third kappa shape index (κ3) is 4.08. The van der Waals surface area contributed by atoms with Gasteiger partial charge in [-0.3, -0.25) is 0 Å². The molecule has 0 bridgehead atoms. The maximum absolute atomic E-state index is 13.3. The topological polar surface area (TPSA) is 42.8 Å². The Morgan fingerprint density at radius 3 is 2.32 bits per heavy atom. The molecule has 0 N–H and O–H groups in total. The van der Waals surface area contributed by atoms with Gasteiger partial charge in [0.05, 0.1) is 11.9 Å². The second-order valence-electron chi connectivity index (χ2n) is 6.75. The molecule has 2 heterocycles. The van der Waals surface area contributed by atoms with Crippen LogP contribution in [0.5, 0.6) is 0 Å². The SMILES string of the molecule is Fc1ccc(/C=N/n2c(-c3cc4ccccc4o3)csc2=Nc2ccc(F)cc2)cc1. The van der Waals surface area contributed by atoms with E-state index in [2.05, 4.69) is 10.1 Å². The molecule has 0 aliphatic rings. The molecule has 0 radical (unpaired) electrons. The molecule has 5 aromatic rings. The lowest BCUT2D eigenvalue weighted by molar-refractivity contribution is 0.622. The van der Waals surface area contributed by atoms with Crippen LogP contribution in [0, 0.1) is 11.6 Å². The summed E-state index contributed by atoms with van der Waals surface area (Å²) in [5.74, 6) is 0.0138. The summed E-state index contributed by atoms with van der Waals surface area (Å²) < 4.78 is 34.2. The van der Waals surface area contributed by atoms with Gasteiger partial charge in [-0.15, -0.1) is 11.3 Å². The molecule has 31 heavy (non-hydrogen) atoms. The predicted molar refractivity (Wildman–Crippen MR) is 119 cm³/mol. The third-order valence-corrected chi connectivity index (χ3v) is 5.42. The molecule has 152 valence electrons. The van der Waals surface area contributed by atoms with E-state index in [-0.39, 0.29) is 11.6 Å². The molecule has 0 saturated carbocycles. The molecule has 5 rings (SSSR count). The maximum atomic E-state index is 13.3. The van der Waals surface area contributed by atoms with Gasteiger partial charge in [0.15, 0.2) is 5.76 Å². The van der Waals surface area contributed by atoms with Crippen LogP contribution in [0.3, 0.4) is 0 Å². The highest BCUT2D eigenvalue weighted by Crippen LogP contribution is 2.28. The Labute approximate surface area is 180 Å². The van der Waals surface area contributed by atoms with E-state index in [1.807, 2.05) is 35.7 Å². The number of nitrogens with zero attached hydrogens (tertiary/aromatic N) is 3. The Bertz CT molecular complexity index is 1410. The largest absolute Gasteiger partial charge is 0.454 e. The van der Waals surface area contributed by atoms with Crippen LogP contribution in [0.15, 0.2) is 98.8 Å². The average Bonchev–Trinajstić information content (AvgIpc) is 3.38. The minimum absolute atomic E-state index is 0.310. The molecule has 2 aromatic heterocycles. The summed E-state index contributed by atoms with van der Waals surface area (Å²) in [4.78, 5) is 5.19. The van der Waals surface area contributed by atoms with E-state index in [0.717, 1.165) is 22.2 Å². The minimum Gasteiger partial charge on any atom is -0.454 e. The van der Waals surface area contributed by atoms with E-state index in [1.165, 1.54) is 35.6 Å². The molecular weight excluding hydrogens is 416 g/mol. The third-order valence-electron chi connectivity index (χ3n) is 4.61. The van der Waals surface area contributed by atoms with E-state index >= 15 is 0 Å². The first-order valence-electron chi connectivity index (χ1n) is 9.45. The number of hydrogen-bond donors (Lipinski definition) is 0. The van der Waals surface area contributed by atoms with Crippen molar-refractivity contribution in [1.82, 2.24) is 4.68 Å². The highest BCUT2D eigenvalue weighted by molar-refractivity contribution is 7.07. The van der Waals surface area contributed by atoms with Gasteiger partial charge in [0.25, 0.3) is 0 Å². The first-order valence-corrected chi connectivity index (χ1v) is 10.3. The van der Waals surface area contributed by atoms with Crippen molar-refractivity contribution in [3.8, 4) is 11.5 Å². The van der Waals surface area contributed by atoms with Crippen molar-refractivity contribution in [3.05, 3.63) is 106 Å². The minimum atomic E-state index is -0.324. The van der Waals surface area contributed by atoms with Gasteiger partial charge in [0.2, 0.25) is 4.80 Å². The van der Waals surface area contributed by atoms with Crippen LogP contribution in [0.25, 0.3) is 22.4 Å². The number of thiazole rings is 1. The predicted octanol–water partition coefficient (Wildman–Crippen LogP) is 6.36. The second kappa shape index (κ2) is 8.12. The van der Waals surface area contributed by atoms with E-state index in [4.69, 9.17) is 4.42 Å². The quantitative estimate of drug-likeness (QED) is 0.306. The zero-order chi connectivity index (χ0) is 21.2. The number of hydrogen-bond acceptors (Lipinski definition) is 4. The lowest BCUT2D eigenvalue weighted by atomic mass is 10.2. The summed E-state index contributed by atoms with van der Waals surface area (Å²) in [5.41, 5.74) is 2.84. The van der Waals surface area contributed by atoms with Crippen LogP contribution in [-0.2, 0) is 0 Å². The van der Waals surface area contributed by atoms with Crippen LogP contribution < -0.4 is 4.80 Å². The smallest absolute Gasteiger partial charge is 0.211 e. The standard InChI is InChI=1S/C24H15F2N3OS/c25-18-7-5-16(6-8-18)14-27-29-21(23-13-17-3-1-2-4-22(17)30-23)15-31-24(29)28-20-11-9-19(26)10-12-20/h1-15H/b27-14+,28-24?. The molecule has 7 heteroatoms. The van der Waals surface area contributed by atoms with Gasteiger partial charge in [-0.25, -0.2) is 18.4 Å². The molecule has 3 aromatic carbocycles. The highest BCUT2D eigenvalue weighted by atomic mass is 32.1. The summed E-state index contributed by atoms with van der Waals surface area (Å²) in [6.07, 6.45) is 1.63. The number of aromatic nitrogens is 1. The Hall–Kier alpha value is -3.84. The van der Waals surface area contributed by atoms with Crippen LogP contribution in [-0.4, -0.2) is 10.9 Å². The summed E-state index contributed by atoms with van der Waals surface area (Å²) in [7, 11) is 0. The molecule has 0 aliphatic heterocycles. The maximum Gasteiger partial charge on any atom is 0.211 e. The van der Waals surface area contributed by atoms with Gasteiger partial charge >= 0.3 is 0 Å². The number of halogens is 2. The molecule has 0 spiro atoms. The van der Waals surface area contributed by atoms with Gasteiger partial charge in [-0.05, 0) is 54.1 Å².